The number of nitrogens with one attached hydrogen (secondary N) is 1. The molecule has 1 heterocycles. The lowest BCUT2D eigenvalue weighted by Crippen LogP contribution is -2.41. The summed E-state index contributed by atoms with van der Waals surface area (Å²) < 4.78 is 6.04. The molecule has 1 fully saturated rings. The van der Waals surface area contributed by atoms with E-state index in [1.54, 1.807) is 23.1 Å². The number of carbonyl (C=O) groups is 2. The van der Waals surface area contributed by atoms with Gasteiger partial charge in [0.15, 0.2) is 0 Å². The van der Waals surface area contributed by atoms with Crippen LogP contribution in [0.25, 0.3) is 0 Å². The molecule has 2 aromatic carbocycles. The summed E-state index contributed by atoms with van der Waals surface area (Å²) in [4.78, 5) is 25.9. The second-order valence-corrected chi connectivity index (χ2v) is 7.21. The fourth-order valence-electron chi connectivity index (χ4n) is 3.20. The largest absolute Gasteiger partial charge is 0.490 e. The summed E-state index contributed by atoms with van der Waals surface area (Å²) in [6.45, 7) is 4.67. The number of anilines is 1. The van der Waals surface area contributed by atoms with Gasteiger partial charge in [-0.15, -0.1) is 0 Å². The van der Waals surface area contributed by atoms with Crippen molar-refractivity contribution in [3.05, 3.63) is 58.6 Å². The van der Waals surface area contributed by atoms with Crippen LogP contribution in [0.15, 0.2) is 42.5 Å². The Hall–Kier alpha value is -2.53. The molecule has 0 bridgehead atoms. The van der Waals surface area contributed by atoms with E-state index in [0.29, 0.717) is 29.4 Å². The molecule has 0 aromatic heterocycles. The van der Waals surface area contributed by atoms with Crippen molar-refractivity contribution in [1.82, 2.24) is 4.90 Å². The third-order valence-corrected chi connectivity index (χ3v) is 4.87. The number of nitrogens with zero attached hydrogens (tertiary/aromatic N) is 1. The number of likely N-dealkylation sites (tertiary alicyclic amines) is 1. The number of benzene rings is 2. The fraction of sp³-hybridized carbons (Fsp3) is 0.333. The second kappa shape index (κ2) is 8.44. The number of piperidine rings is 1. The average molecular weight is 387 g/mol. The van der Waals surface area contributed by atoms with Gasteiger partial charge in [-0.25, -0.2) is 0 Å². The third-order valence-electron chi connectivity index (χ3n) is 4.54. The minimum atomic E-state index is -0.190. The van der Waals surface area contributed by atoms with E-state index in [4.69, 9.17) is 16.3 Å². The Morgan fingerprint density at radius 2 is 1.89 bits per heavy atom. The number of aryl methyl sites for hydroxylation is 1. The summed E-state index contributed by atoms with van der Waals surface area (Å²) >= 11 is 6.21. The first-order chi connectivity index (χ1) is 12.9. The van der Waals surface area contributed by atoms with E-state index in [9.17, 15) is 9.59 Å². The van der Waals surface area contributed by atoms with E-state index in [1.165, 1.54) is 6.92 Å². The van der Waals surface area contributed by atoms with E-state index in [0.717, 1.165) is 24.2 Å². The second-order valence-electron chi connectivity index (χ2n) is 6.80. The van der Waals surface area contributed by atoms with Crippen LogP contribution in [0.3, 0.4) is 0 Å². The number of amides is 2. The Bertz CT molecular complexity index is 845. The third kappa shape index (κ3) is 5.01. The molecule has 2 amide bonds. The summed E-state index contributed by atoms with van der Waals surface area (Å²) in [6, 6.07) is 12.9. The molecular formula is C21H23ClN2O3. The van der Waals surface area contributed by atoms with Crippen LogP contribution < -0.4 is 10.1 Å². The van der Waals surface area contributed by atoms with Crippen LogP contribution in [0.2, 0.25) is 5.02 Å². The minimum absolute atomic E-state index is 0.0945. The van der Waals surface area contributed by atoms with Crippen LogP contribution in [0, 0.1) is 6.92 Å². The van der Waals surface area contributed by atoms with Crippen molar-refractivity contribution < 1.29 is 14.3 Å². The summed E-state index contributed by atoms with van der Waals surface area (Å²) in [6.07, 6.45) is 1.63. The summed E-state index contributed by atoms with van der Waals surface area (Å²) in [7, 11) is 0. The molecular weight excluding hydrogens is 364 g/mol. The van der Waals surface area contributed by atoms with Crippen LogP contribution in [-0.2, 0) is 4.79 Å². The zero-order chi connectivity index (χ0) is 19.4. The topological polar surface area (TPSA) is 58.6 Å². The van der Waals surface area contributed by atoms with Crippen LogP contribution in [0.5, 0.6) is 5.75 Å². The molecule has 27 heavy (non-hydrogen) atoms. The number of halogens is 1. The number of hydrogen-bond donors (Lipinski definition) is 1. The molecule has 1 aliphatic heterocycles. The van der Waals surface area contributed by atoms with Gasteiger partial charge in [0.2, 0.25) is 5.91 Å². The van der Waals surface area contributed by atoms with Gasteiger partial charge in [0.1, 0.15) is 11.9 Å². The Labute approximate surface area is 164 Å². The van der Waals surface area contributed by atoms with Crippen molar-refractivity contribution >= 4 is 29.1 Å². The van der Waals surface area contributed by atoms with Crippen LogP contribution >= 0.6 is 11.6 Å². The summed E-state index contributed by atoms with van der Waals surface area (Å²) in [5.74, 6) is 0.553. The molecule has 5 nitrogen and oxygen atoms in total. The molecule has 0 saturated carbocycles. The SMILES string of the molecule is CC(=O)Nc1ccc(Cl)c(C(=O)N2CCC(Oc3cccc(C)c3)CC2)c1. The lowest BCUT2D eigenvalue weighted by molar-refractivity contribution is -0.114. The molecule has 0 atom stereocenters. The molecule has 0 aliphatic carbocycles. The van der Waals surface area contributed by atoms with Crippen molar-refractivity contribution in [3.8, 4) is 5.75 Å². The maximum atomic E-state index is 12.9. The number of hydrogen-bond acceptors (Lipinski definition) is 3. The first kappa shape index (κ1) is 19.2. The molecule has 3 rings (SSSR count). The smallest absolute Gasteiger partial charge is 0.255 e. The molecule has 0 spiro atoms. The van der Waals surface area contributed by atoms with Crippen molar-refractivity contribution in [1.29, 1.82) is 0 Å². The lowest BCUT2D eigenvalue weighted by Gasteiger charge is -2.32. The van der Waals surface area contributed by atoms with Gasteiger partial charge in [0.05, 0.1) is 10.6 Å². The van der Waals surface area contributed by atoms with E-state index in [1.807, 2.05) is 31.2 Å². The Balaban J connectivity index is 1.62. The first-order valence-electron chi connectivity index (χ1n) is 9.02. The average Bonchev–Trinajstić information content (AvgIpc) is 2.63. The predicted molar refractivity (Wildman–Crippen MR) is 106 cm³/mol. The highest BCUT2D eigenvalue weighted by atomic mass is 35.5. The molecule has 0 unspecified atom stereocenters. The zero-order valence-corrected chi connectivity index (χ0v) is 16.3. The highest BCUT2D eigenvalue weighted by Crippen LogP contribution is 2.25. The number of carbonyl (C=O) groups excluding carboxylic acids is 2. The van der Waals surface area contributed by atoms with Gasteiger partial charge in [-0.2, -0.15) is 0 Å². The number of ether oxygens (including phenoxy) is 1. The van der Waals surface area contributed by atoms with Gasteiger partial charge in [-0.05, 0) is 42.8 Å². The molecule has 142 valence electrons. The highest BCUT2D eigenvalue weighted by molar-refractivity contribution is 6.34. The molecule has 0 radical (unpaired) electrons. The molecule has 1 N–H and O–H groups in total. The summed E-state index contributed by atoms with van der Waals surface area (Å²) in [5, 5.41) is 3.06. The van der Waals surface area contributed by atoms with E-state index in [2.05, 4.69) is 5.32 Å². The van der Waals surface area contributed by atoms with Gasteiger partial charge < -0.3 is 15.0 Å². The molecule has 1 saturated heterocycles. The van der Waals surface area contributed by atoms with Gasteiger partial charge in [-0.3, -0.25) is 9.59 Å². The van der Waals surface area contributed by atoms with Crippen LogP contribution in [-0.4, -0.2) is 35.9 Å². The quantitative estimate of drug-likeness (QED) is 0.852. The molecule has 6 heteroatoms. The van der Waals surface area contributed by atoms with Crippen LogP contribution in [0.4, 0.5) is 5.69 Å². The lowest BCUT2D eigenvalue weighted by atomic mass is 10.1. The van der Waals surface area contributed by atoms with Gasteiger partial charge in [-0.1, -0.05) is 23.7 Å². The summed E-state index contributed by atoms with van der Waals surface area (Å²) in [5.41, 5.74) is 2.13. The van der Waals surface area contributed by atoms with Crippen molar-refractivity contribution in [2.45, 2.75) is 32.8 Å². The fourth-order valence-corrected chi connectivity index (χ4v) is 3.40. The monoisotopic (exact) mass is 386 g/mol. The predicted octanol–water partition coefficient (Wildman–Crippen LogP) is 4.29. The maximum absolute atomic E-state index is 12.9. The van der Waals surface area contributed by atoms with E-state index >= 15 is 0 Å². The first-order valence-corrected chi connectivity index (χ1v) is 9.40. The van der Waals surface area contributed by atoms with Crippen molar-refractivity contribution in [3.63, 3.8) is 0 Å². The Morgan fingerprint density at radius 1 is 1.15 bits per heavy atom. The van der Waals surface area contributed by atoms with Gasteiger partial charge in [0.25, 0.3) is 5.91 Å². The Morgan fingerprint density at radius 3 is 2.56 bits per heavy atom. The van der Waals surface area contributed by atoms with E-state index < -0.39 is 0 Å². The normalized spacial score (nSPS) is 14.7. The maximum Gasteiger partial charge on any atom is 0.255 e. The van der Waals surface area contributed by atoms with Crippen LogP contribution in [0.1, 0.15) is 35.7 Å². The zero-order valence-electron chi connectivity index (χ0n) is 15.5. The van der Waals surface area contributed by atoms with E-state index in [-0.39, 0.29) is 17.9 Å². The van der Waals surface area contributed by atoms with Crippen molar-refractivity contribution in [2.75, 3.05) is 18.4 Å². The highest BCUT2D eigenvalue weighted by Gasteiger charge is 2.26. The molecule has 2 aromatic rings. The Kier molecular flexibility index (Phi) is 6.01. The standard InChI is InChI=1S/C21H23ClN2O3/c1-14-4-3-5-18(12-14)27-17-8-10-24(11-9-17)21(26)19-13-16(23-15(2)25)6-7-20(19)22/h3-7,12-13,17H,8-11H2,1-2H3,(H,23,25). The van der Waals surface area contributed by atoms with Gasteiger partial charge in [0, 0.05) is 38.5 Å². The molecule has 1 aliphatic rings. The van der Waals surface area contributed by atoms with Crippen molar-refractivity contribution in [2.24, 2.45) is 0 Å². The number of rotatable bonds is 4. The van der Waals surface area contributed by atoms with Gasteiger partial charge >= 0.3 is 0 Å². The minimum Gasteiger partial charge on any atom is -0.490 e.